The number of hydrogen-bond acceptors (Lipinski definition) is 1. The summed E-state index contributed by atoms with van der Waals surface area (Å²) in [7, 11) is 0. The first-order valence-corrected chi connectivity index (χ1v) is 7.26. The lowest BCUT2D eigenvalue weighted by molar-refractivity contribution is 0.551. The molecule has 1 aromatic heterocycles. The van der Waals surface area contributed by atoms with Gasteiger partial charge in [0.15, 0.2) is 0 Å². The minimum atomic E-state index is 0.0328. The Hall–Kier alpha value is -0.580. The van der Waals surface area contributed by atoms with Crippen molar-refractivity contribution in [1.29, 1.82) is 0 Å². The Labute approximate surface area is 123 Å². The molecule has 0 bridgehead atoms. The van der Waals surface area contributed by atoms with E-state index in [1.807, 2.05) is 13.0 Å². The van der Waals surface area contributed by atoms with Crippen LogP contribution in [0.3, 0.4) is 0 Å². The Kier molecular flexibility index (Phi) is 4.47. The van der Waals surface area contributed by atoms with Crippen LogP contribution in [0.5, 0.6) is 0 Å². The molecule has 0 amide bonds. The Morgan fingerprint density at radius 2 is 1.83 bits per heavy atom. The molecule has 1 N–H and O–H groups in total. The first-order chi connectivity index (χ1) is 8.05. The number of hydrogen-bond donors (Lipinski definition) is 1. The van der Waals surface area contributed by atoms with Crippen LogP contribution in [0, 0.1) is 0 Å². The summed E-state index contributed by atoms with van der Waals surface area (Å²) in [5.41, 5.74) is 1.13. The van der Waals surface area contributed by atoms with Gasteiger partial charge in [-0.05, 0) is 32.4 Å². The molecule has 0 aliphatic carbocycles. The molecule has 0 radical (unpaired) electrons. The Morgan fingerprint density at radius 1 is 1.28 bits per heavy atom. The highest BCUT2D eigenvalue weighted by atomic mass is 127. The molecule has 0 spiro atoms. The first-order valence-electron chi connectivity index (χ1n) is 6.18. The van der Waals surface area contributed by atoms with Crippen LogP contribution in [-0.4, -0.2) is 13.4 Å². The molecule has 0 saturated carbocycles. The number of H-pyrrole nitrogens is 1. The zero-order valence-corrected chi connectivity index (χ0v) is 14.3. The second-order valence-electron chi connectivity index (χ2n) is 6.07. The third-order valence-electron chi connectivity index (χ3n) is 2.83. The van der Waals surface area contributed by atoms with E-state index in [9.17, 15) is 0 Å². The van der Waals surface area contributed by atoms with Crippen LogP contribution in [0.25, 0.3) is 12.2 Å². The molecule has 2 nitrogen and oxygen atoms in total. The Bertz CT molecular complexity index is 551. The van der Waals surface area contributed by atoms with Crippen LogP contribution in [0.1, 0.15) is 47.4 Å². The molecule has 1 aromatic rings. The monoisotopic (exact) mass is 358 g/mol. The maximum Gasteiger partial charge on any atom is 0.112 e. The van der Waals surface area contributed by atoms with Crippen molar-refractivity contribution in [2.75, 3.05) is 0 Å². The maximum absolute atomic E-state index is 4.65. The van der Waals surface area contributed by atoms with Gasteiger partial charge in [-0.1, -0.05) is 56.0 Å². The second-order valence-corrected chi connectivity index (χ2v) is 8.76. The minimum Gasteiger partial charge on any atom is -0.342 e. The van der Waals surface area contributed by atoms with Crippen LogP contribution in [0.2, 0.25) is 0 Å². The Morgan fingerprint density at radius 3 is 2.22 bits per heavy atom. The van der Waals surface area contributed by atoms with Gasteiger partial charge in [0, 0.05) is 8.84 Å². The fourth-order valence-corrected chi connectivity index (χ4v) is 1.59. The van der Waals surface area contributed by atoms with E-state index in [0.717, 1.165) is 22.1 Å². The number of alkyl halides is 1. The van der Waals surface area contributed by atoms with Crippen molar-refractivity contribution in [3.63, 3.8) is 0 Å². The predicted molar refractivity (Wildman–Crippen MR) is 88.4 cm³/mol. The lowest BCUT2D eigenvalue weighted by Gasteiger charge is -2.16. The average Bonchev–Trinajstić information content (AvgIpc) is 2.59. The molecule has 0 saturated heterocycles. The highest BCUT2D eigenvalue weighted by Gasteiger charge is 2.18. The lowest BCUT2D eigenvalue weighted by atomic mass is 9.96. The molecular weight excluding hydrogens is 335 g/mol. The van der Waals surface area contributed by atoms with Gasteiger partial charge in [0.2, 0.25) is 0 Å². The SMILES string of the molecule is C=C(/C=c1/[nH]c(C(C)(C)C)n/c1=C/C)C(C)(C)I. The summed E-state index contributed by atoms with van der Waals surface area (Å²) < 4.78 is 0.0514. The van der Waals surface area contributed by atoms with E-state index < -0.39 is 0 Å². The van der Waals surface area contributed by atoms with Crippen molar-refractivity contribution in [3.05, 3.63) is 28.7 Å². The minimum absolute atomic E-state index is 0.0328. The van der Waals surface area contributed by atoms with Gasteiger partial charge in [0.25, 0.3) is 0 Å². The number of rotatable bonds is 2. The van der Waals surface area contributed by atoms with Gasteiger partial charge >= 0.3 is 0 Å². The van der Waals surface area contributed by atoms with Crippen molar-refractivity contribution in [3.8, 4) is 0 Å². The number of aromatic nitrogens is 2. The fraction of sp³-hybridized carbons (Fsp3) is 0.533. The van der Waals surface area contributed by atoms with E-state index in [4.69, 9.17) is 0 Å². The topological polar surface area (TPSA) is 28.7 Å². The van der Waals surface area contributed by atoms with Crippen molar-refractivity contribution < 1.29 is 0 Å². The molecule has 0 unspecified atom stereocenters. The molecule has 1 heterocycles. The molecular formula is C15H23IN2. The third-order valence-corrected chi connectivity index (χ3v) is 3.52. The number of nitrogens with zero attached hydrogens (tertiary/aromatic N) is 1. The van der Waals surface area contributed by atoms with Gasteiger partial charge in [0.1, 0.15) is 5.82 Å². The summed E-state index contributed by atoms with van der Waals surface area (Å²) in [6.07, 6.45) is 4.13. The van der Waals surface area contributed by atoms with Gasteiger partial charge in [0.05, 0.1) is 10.7 Å². The fourth-order valence-electron chi connectivity index (χ4n) is 1.43. The highest BCUT2D eigenvalue weighted by Crippen LogP contribution is 2.26. The summed E-state index contributed by atoms with van der Waals surface area (Å²) in [4.78, 5) is 8.06. The molecule has 1 rings (SSSR count). The zero-order chi connectivity index (χ0) is 14.1. The number of imidazole rings is 1. The molecule has 0 aromatic carbocycles. The molecule has 3 heteroatoms. The average molecular weight is 358 g/mol. The molecule has 0 aliphatic heterocycles. The van der Waals surface area contributed by atoms with Crippen LogP contribution < -0.4 is 10.7 Å². The molecule has 0 fully saturated rings. The number of halogens is 1. The van der Waals surface area contributed by atoms with Crippen LogP contribution in [-0.2, 0) is 5.41 Å². The van der Waals surface area contributed by atoms with Gasteiger partial charge in [-0.2, -0.15) is 0 Å². The third kappa shape index (κ3) is 3.70. The van der Waals surface area contributed by atoms with E-state index in [1.54, 1.807) is 0 Å². The zero-order valence-electron chi connectivity index (χ0n) is 12.2. The normalized spacial score (nSPS) is 15.3. The van der Waals surface area contributed by atoms with Crippen LogP contribution >= 0.6 is 22.6 Å². The summed E-state index contributed by atoms with van der Waals surface area (Å²) in [6, 6.07) is 0. The standard InChI is InChI=1S/C15H23IN2/c1-8-11-12(9-10(2)15(6,7)16)18-13(17-11)14(3,4)5/h8-9H,2H2,1,3-7H3,(H,17,18)/b11-8+,12-9+. The van der Waals surface area contributed by atoms with Crippen molar-refractivity contribution in [2.24, 2.45) is 0 Å². The summed E-state index contributed by atoms with van der Waals surface area (Å²) in [5.74, 6) is 1.01. The lowest BCUT2D eigenvalue weighted by Crippen LogP contribution is -2.25. The van der Waals surface area contributed by atoms with Gasteiger partial charge < -0.3 is 4.98 Å². The van der Waals surface area contributed by atoms with Crippen molar-refractivity contribution in [2.45, 2.75) is 50.4 Å². The van der Waals surface area contributed by atoms with Gasteiger partial charge in [-0.15, -0.1) is 0 Å². The summed E-state index contributed by atoms with van der Waals surface area (Å²) in [6.45, 7) is 16.9. The Balaban J connectivity index is 3.39. The van der Waals surface area contributed by atoms with Crippen LogP contribution in [0.4, 0.5) is 0 Å². The maximum atomic E-state index is 4.65. The van der Waals surface area contributed by atoms with E-state index in [2.05, 4.69) is 79.8 Å². The van der Waals surface area contributed by atoms with E-state index in [1.165, 1.54) is 0 Å². The van der Waals surface area contributed by atoms with E-state index >= 15 is 0 Å². The van der Waals surface area contributed by atoms with Crippen LogP contribution in [0.15, 0.2) is 12.2 Å². The van der Waals surface area contributed by atoms with Gasteiger partial charge in [-0.25, -0.2) is 4.98 Å². The first kappa shape index (κ1) is 15.5. The quantitative estimate of drug-likeness (QED) is 0.639. The van der Waals surface area contributed by atoms with E-state index in [-0.39, 0.29) is 8.84 Å². The molecule has 0 atom stereocenters. The van der Waals surface area contributed by atoms with Crippen molar-refractivity contribution >= 4 is 34.7 Å². The number of aromatic amines is 1. The summed E-state index contributed by atoms with van der Waals surface area (Å²) in [5, 5.41) is 2.05. The smallest absolute Gasteiger partial charge is 0.112 e. The molecule has 0 aliphatic rings. The summed E-state index contributed by atoms with van der Waals surface area (Å²) >= 11 is 2.40. The highest BCUT2D eigenvalue weighted by molar-refractivity contribution is 14.1. The van der Waals surface area contributed by atoms with E-state index in [0.29, 0.717) is 0 Å². The number of nitrogens with one attached hydrogen (secondary N) is 1. The predicted octanol–water partition coefficient (Wildman–Crippen LogP) is 3.06. The largest absolute Gasteiger partial charge is 0.342 e. The molecule has 100 valence electrons. The second kappa shape index (κ2) is 5.19. The molecule has 18 heavy (non-hydrogen) atoms. The van der Waals surface area contributed by atoms with Crippen molar-refractivity contribution in [1.82, 2.24) is 9.97 Å². The number of allylic oxidation sites excluding steroid dienone is 1. The van der Waals surface area contributed by atoms with Gasteiger partial charge in [-0.3, -0.25) is 0 Å².